The number of ether oxygens (including phenoxy) is 2. The van der Waals surface area contributed by atoms with Crippen molar-refractivity contribution in [2.24, 2.45) is 5.92 Å². The van der Waals surface area contributed by atoms with Crippen LogP contribution in [0.15, 0.2) is 60.8 Å². The Kier molecular flexibility index (Phi) is 37.9. The molecule has 0 spiro atoms. The normalized spacial score (nSPS) is 15.2. The van der Waals surface area contributed by atoms with Crippen LogP contribution in [-0.2, 0) is 41.8 Å². The first kappa shape index (κ1) is 58.8. The highest BCUT2D eigenvalue weighted by molar-refractivity contribution is 7.47. The minimum absolute atomic E-state index is 0.102. The summed E-state index contributed by atoms with van der Waals surface area (Å²) in [7, 11) is -9.70. The van der Waals surface area contributed by atoms with E-state index in [1.165, 1.54) is 57.8 Å². The van der Waals surface area contributed by atoms with Gasteiger partial charge in [0.05, 0.1) is 25.9 Å². The van der Waals surface area contributed by atoms with E-state index in [0.29, 0.717) is 25.7 Å². The molecule has 61 heavy (non-hydrogen) atoms. The van der Waals surface area contributed by atoms with Crippen LogP contribution in [-0.4, -0.2) is 81.6 Å². The molecular weight excluding hydrogens is 826 g/mol. The molecule has 0 radical (unpaired) electrons. The molecule has 4 atom stereocenters. The van der Waals surface area contributed by atoms with Gasteiger partial charge in [0.15, 0.2) is 6.10 Å². The fourth-order valence-corrected chi connectivity index (χ4v) is 6.85. The van der Waals surface area contributed by atoms with E-state index in [1.807, 2.05) is 37.3 Å². The molecular formula is C45H80O14P2. The summed E-state index contributed by atoms with van der Waals surface area (Å²) >= 11 is 0. The molecule has 0 aliphatic heterocycles. The molecule has 0 rings (SSSR count). The highest BCUT2D eigenvalue weighted by Gasteiger charge is 2.28. The maximum atomic E-state index is 12.7. The number of hydrogen-bond donors (Lipinski definition) is 5. The molecule has 0 saturated heterocycles. The summed E-state index contributed by atoms with van der Waals surface area (Å²) in [4.78, 5) is 52.7. The summed E-state index contributed by atoms with van der Waals surface area (Å²) in [5, 5.41) is 19.2. The largest absolute Gasteiger partial charge is 0.472 e. The molecule has 14 nitrogen and oxygen atoms in total. The molecule has 0 bridgehead atoms. The van der Waals surface area contributed by atoms with Gasteiger partial charge in [0, 0.05) is 12.8 Å². The van der Waals surface area contributed by atoms with Gasteiger partial charge in [0.2, 0.25) is 0 Å². The number of rotatable bonds is 41. The standard InChI is InChI=1S/C45H80O14P2/c1-4-41(46)33-29-25-21-17-13-9-5-6-10-14-18-22-26-30-34-44(48)55-38-43(39-58-61(53,54)57-37-42(47)36-56-60(50,51)52)59-45(49)35-31-27-23-19-15-11-7-8-12-16-20-24-28-32-40(2)3/h6,9-10,13,18,21-22,25,29,33,40-43,46-47H,4-5,7-8,11-12,14-17,19-20,23-24,26-28,30-32,34-39H2,1-3H3,(H,53,54)(H2,50,51,52)/b10-6-,13-9-,22-18-,25-21-,33-29+/t41-,42-,43+/m0/s1. The van der Waals surface area contributed by atoms with Crippen molar-refractivity contribution >= 4 is 27.6 Å². The number of carbonyl (C=O) groups is 2. The Morgan fingerprint density at radius 1 is 0.574 bits per heavy atom. The number of aliphatic hydroxyl groups is 2. The van der Waals surface area contributed by atoms with Gasteiger partial charge in [0.25, 0.3) is 0 Å². The number of unbranched alkanes of at least 4 members (excludes halogenated alkanes) is 13. The van der Waals surface area contributed by atoms with E-state index in [-0.39, 0.29) is 12.8 Å². The van der Waals surface area contributed by atoms with Crippen molar-refractivity contribution in [3.63, 3.8) is 0 Å². The Bertz CT molecular complexity index is 1340. The van der Waals surface area contributed by atoms with Gasteiger partial charge in [-0.2, -0.15) is 0 Å². The third kappa shape index (κ3) is 44.2. The van der Waals surface area contributed by atoms with Gasteiger partial charge in [-0.15, -0.1) is 0 Å². The van der Waals surface area contributed by atoms with E-state index >= 15 is 0 Å². The Morgan fingerprint density at radius 2 is 1.07 bits per heavy atom. The van der Waals surface area contributed by atoms with E-state index < -0.39 is 72.3 Å². The first-order valence-corrected chi connectivity index (χ1v) is 25.5. The van der Waals surface area contributed by atoms with Gasteiger partial charge < -0.3 is 34.4 Å². The van der Waals surface area contributed by atoms with Crippen molar-refractivity contribution in [2.75, 3.05) is 26.4 Å². The molecule has 0 amide bonds. The van der Waals surface area contributed by atoms with Crippen molar-refractivity contribution < 1.29 is 66.7 Å². The van der Waals surface area contributed by atoms with Crippen molar-refractivity contribution in [3.05, 3.63) is 60.8 Å². The first-order valence-electron chi connectivity index (χ1n) is 22.4. The number of hydrogen-bond acceptors (Lipinski definition) is 11. The first-order chi connectivity index (χ1) is 29.1. The Balaban J connectivity index is 4.60. The lowest BCUT2D eigenvalue weighted by Crippen LogP contribution is -2.30. The summed E-state index contributed by atoms with van der Waals surface area (Å²) in [6, 6.07) is 0. The monoisotopic (exact) mass is 907 g/mol. The molecule has 0 saturated carbocycles. The third-order valence-corrected chi connectivity index (χ3v) is 10.7. The Morgan fingerprint density at radius 3 is 1.62 bits per heavy atom. The summed E-state index contributed by atoms with van der Waals surface area (Å²) in [5.74, 6) is -0.325. The van der Waals surface area contributed by atoms with Crippen LogP contribution in [0.2, 0.25) is 0 Å². The molecule has 0 fully saturated rings. The van der Waals surface area contributed by atoms with Crippen molar-refractivity contribution in [2.45, 2.75) is 180 Å². The van der Waals surface area contributed by atoms with E-state index in [2.05, 4.69) is 47.2 Å². The van der Waals surface area contributed by atoms with Gasteiger partial charge in [-0.3, -0.25) is 23.2 Å². The minimum Gasteiger partial charge on any atom is -0.462 e. The maximum absolute atomic E-state index is 12.7. The maximum Gasteiger partial charge on any atom is 0.472 e. The highest BCUT2D eigenvalue weighted by atomic mass is 31.2. The summed E-state index contributed by atoms with van der Waals surface area (Å²) in [5.41, 5.74) is 0. The number of esters is 2. The number of carbonyl (C=O) groups excluding carboxylic acids is 2. The zero-order valence-corrected chi connectivity index (χ0v) is 39.1. The summed E-state index contributed by atoms with van der Waals surface area (Å²) in [6.07, 6.45) is 37.5. The second-order valence-electron chi connectivity index (χ2n) is 15.6. The lowest BCUT2D eigenvalue weighted by Gasteiger charge is -2.20. The number of allylic oxidation sites excluding steroid dienone is 9. The molecule has 0 aliphatic rings. The van der Waals surface area contributed by atoms with Crippen molar-refractivity contribution in [1.82, 2.24) is 0 Å². The second-order valence-corrected chi connectivity index (χ2v) is 18.3. The van der Waals surface area contributed by atoms with Crippen LogP contribution in [0.25, 0.3) is 0 Å². The Labute approximate surface area is 366 Å². The smallest absolute Gasteiger partial charge is 0.462 e. The van der Waals surface area contributed by atoms with Crippen molar-refractivity contribution in [1.29, 1.82) is 0 Å². The molecule has 5 N–H and O–H groups in total. The molecule has 1 unspecified atom stereocenters. The van der Waals surface area contributed by atoms with Gasteiger partial charge in [-0.1, -0.05) is 165 Å². The molecule has 0 aromatic rings. The number of aliphatic hydroxyl groups excluding tert-OH is 2. The van der Waals surface area contributed by atoms with Gasteiger partial charge in [-0.25, -0.2) is 9.13 Å². The third-order valence-electron chi connectivity index (χ3n) is 9.25. The van der Waals surface area contributed by atoms with Crippen molar-refractivity contribution in [3.8, 4) is 0 Å². The zero-order chi connectivity index (χ0) is 45.5. The average molecular weight is 907 g/mol. The lowest BCUT2D eigenvalue weighted by atomic mass is 10.0. The van der Waals surface area contributed by atoms with Crippen LogP contribution in [0, 0.1) is 5.92 Å². The Hall–Kier alpha value is -2.22. The van der Waals surface area contributed by atoms with E-state index in [1.54, 1.807) is 6.08 Å². The molecule has 0 aromatic carbocycles. The van der Waals surface area contributed by atoms with E-state index in [0.717, 1.165) is 50.9 Å². The minimum atomic E-state index is -4.87. The van der Waals surface area contributed by atoms with E-state index in [4.69, 9.17) is 23.8 Å². The van der Waals surface area contributed by atoms with Gasteiger partial charge in [-0.05, 0) is 50.9 Å². The highest BCUT2D eigenvalue weighted by Crippen LogP contribution is 2.43. The zero-order valence-electron chi connectivity index (χ0n) is 37.3. The summed E-state index contributed by atoms with van der Waals surface area (Å²) < 4.78 is 47.7. The van der Waals surface area contributed by atoms with Crippen LogP contribution in [0.4, 0.5) is 0 Å². The molecule has 16 heteroatoms. The van der Waals surface area contributed by atoms with Crippen LogP contribution in [0.1, 0.15) is 162 Å². The molecule has 354 valence electrons. The van der Waals surface area contributed by atoms with Gasteiger partial charge >= 0.3 is 27.6 Å². The van der Waals surface area contributed by atoms with Crippen LogP contribution < -0.4 is 0 Å². The summed E-state index contributed by atoms with van der Waals surface area (Å²) in [6.45, 7) is 3.68. The topological polar surface area (TPSA) is 216 Å². The number of phosphoric acid groups is 2. The molecule has 0 aromatic heterocycles. The molecule has 0 heterocycles. The second kappa shape index (κ2) is 39.4. The number of phosphoric ester groups is 2. The van der Waals surface area contributed by atoms with Gasteiger partial charge in [0.1, 0.15) is 12.7 Å². The fraction of sp³-hybridized carbons (Fsp3) is 0.733. The quantitative estimate of drug-likeness (QED) is 0.0127. The average Bonchev–Trinajstić information content (AvgIpc) is 3.21. The predicted octanol–water partition coefficient (Wildman–Crippen LogP) is 10.4. The predicted molar refractivity (Wildman–Crippen MR) is 240 cm³/mol. The van der Waals surface area contributed by atoms with Crippen LogP contribution in [0.5, 0.6) is 0 Å². The fourth-order valence-electron chi connectivity index (χ4n) is 5.70. The van der Waals surface area contributed by atoms with E-state index in [9.17, 15) is 33.8 Å². The van der Waals surface area contributed by atoms with Crippen LogP contribution >= 0.6 is 15.6 Å². The van der Waals surface area contributed by atoms with Crippen LogP contribution in [0.3, 0.4) is 0 Å². The molecule has 0 aliphatic carbocycles. The SMILES string of the molecule is CC[C@H](O)/C=C/C=C\C/C=C\C/C=C\C/C=C\CCCC(=O)OC[C@H](COP(=O)(O)OC[C@@H](O)COP(=O)(O)O)OC(=O)CCCCCCCCCCCCCCCC(C)C. The lowest BCUT2D eigenvalue weighted by molar-refractivity contribution is -0.161.